The summed E-state index contributed by atoms with van der Waals surface area (Å²) in [5.41, 5.74) is 0. The van der Waals surface area contributed by atoms with Crippen LogP contribution in [0.1, 0.15) is 0 Å². The fourth-order valence-corrected chi connectivity index (χ4v) is 2.87. The molecular weight excluding hydrogens is 304 g/mol. The highest BCUT2D eigenvalue weighted by molar-refractivity contribution is 4.96. The highest BCUT2D eigenvalue weighted by atomic mass is 16.8. The van der Waals surface area contributed by atoms with E-state index in [9.17, 15) is 25.5 Å². The van der Waals surface area contributed by atoms with E-state index in [4.69, 9.17) is 24.1 Å². The first-order chi connectivity index (χ1) is 10.4. The van der Waals surface area contributed by atoms with Crippen LogP contribution in [0.2, 0.25) is 0 Å². The molecule has 3 aliphatic rings. The van der Waals surface area contributed by atoms with Crippen LogP contribution >= 0.6 is 0 Å². The molecule has 0 radical (unpaired) electrons. The number of hydrogen-bond donors (Lipinski definition) is 6. The number of aliphatic hydroxyl groups excluding tert-OH is 6. The maximum atomic E-state index is 10.0. The monoisotopic (exact) mass is 324 g/mol. The molecule has 0 aromatic rings. The molecule has 0 saturated carbocycles. The van der Waals surface area contributed by atoms with Crippen molar-refractivity contribution in [3.8, 4) is 0 Å². The Kier molecular flexibility index (Phi) is 4.67. The molecule has 3 heterocycles. The Morgan fingerprint density at radius 2 is 1.59 bits per heavy atom. The second-order valence-corrected chi connectivity index (χ2v) is 5.66. The lowest BCUT2D eigenvalue weighted by Crippen LogP contribution is -2.62. The standard InChI is InChI=1S/C12H20O10/c13-1-3-5(14)6(15)8(17)12(20-3)22-10-4-2-19-11(21-4)9(18)7(10)16/h3-18H,1-2H2/t3-,4-,5+,6+,7-,8-,9-,10-,11?,12+/m1/s1. The van der Waals surface area contributed by atoms with E-state index in [2.05, 4.69) is 0 Å². The molecule has 0 amide bonds. The molecule has 0 aliphatic carbocycles. The van der Waals surface area contributed by atoms with Crippen LogP contribution in [-0.2, 0) is 18.9 Å². The number of fused-ring (bicyclic) bond motifs is 2. The van der Waals surface area contributed by atoms with E-state index in [1.54, 1.807) is 0 Å². The van der Waals surface area contributed by atoms with Crippen molar-refractivity contribution in [2.45, 2.75) is 61.4 Å². The first-order valence-corrected chi connectivity index (χ1v) is 7.03. The quantitative estimate of drug-likeness (QED) is 0.299. The molecule has 3 rings (SSSR count). The Morgan fingerprint density at radius 1 is 0.864 bits per heavy atom. The van der Waals surface area contributed by atoms with Gasteiger partial charge in [-0.25, -0.2) is 0 Å². The topological polar surface area (TPSA) is 158 Å². The molecule has 6 N–H and O–H groups in total. The summed E-state index contributed by atoms with van der Waals surface area (Å²) in [6.07, 6.45) is -12.5. The summed E-state index contributed by atoms with van der Waals surface area (Å²) in [4.78, 5) is 0. The molecule has 2 bridgehead atoms. The fourth-order valence-electron chi connectivity index (χ4n) is 2.87. The normalized spacial score (nSPS) is 55.4. The minimum absolute atomic E-state index is 0.0842. The van der Waals surface area contributed by atoms with E-state index < -0.39 is 68.0 Å². The largest absolute Gasteiger partial charge is 0.394 e. The molecule has 3 saturated heterocycles. The molecule has 22 heavy (non-hydrogen) atoms. The first-order valence-electron chi connectivity index (χ1n) is 7.03. The SMILES string of the molecule is OC[C@H]1O[C@@H](O[C@H]2[C@H](O)[C@@H](O)C3OC[C@H]2O3)[C@H](O)[C@@H](O)[C@H]1O. The van der Waals surface area contributed by atoms with Gasteiger partial charge >= 0.3 is 0 Å². The van der Waals surface area contributed by atoms with Crippen LogP contribution in [-0.4, -0.2) is 105 Å². The molecule has 0 aromatic heterocycles. The molecule has 3 fully saturated rings. The number of aliphatic hydroxyl groups is 6. The Bertz CT molecular complexity index is 392. The average Bonchev–Trinajstić information content (AvgIpc) is 2.96. The van der Waals surface area contributed by atoms with Gasteiger partial charge in [-0.15, -0.1) is 0 Å². The predicted molar refractivity (Wildman–Crippen MR) is 65.3 cm³/mol. The van der Waals surface area contributed by atoms with E-state index in [-0.39, 0.29) is 6.61 Å². The van der Waals surface area contributed by atoms with E-state index in [1.807, 2.05) is 0 Å². The van der Waals surface area contributed by atoms with Crippen LogP contribution in [0.3, 0.4) is 0 Å². The van der Waals surface area contributed by atoms with Crippen molar-refractivity contribution >= 4 is 0 Å². The van der Waals surface area contributed by atoms with Gasteiger partial charge < -0.3 is 49.6 Å². The summed E-state index contributed by atoms with van der Waals surface area (Å²) in [6.45, 7) is -0.507. The molecule has 10 atom stereocenters. The van der Waals surface area contributed by atoms with Gasteiger partial charge in [-0.05, 0) is 0 Å². The van der Waals surface area contributed by atoms with Gasteiger partial charge in [0.2, 0.25) is 0 Å². The minimum Gasteiger partial charge on any atom is -0.394 e. The van der Waals surface area contributed by atoms with Crippen molar-refractivity contribution in [1.29, 1.82) is 0 Å². The second-order valence-electron chi connectivity index (χ2n) is 5.66. The smallest absolute Gasteiger partial charge is 0.187 e. The summed E-state index contributed by atoms with van der Waals surface area (Å²) < 4.78 is 21.1. The van der Waals surface area contributed by atoms with E-state index in [0.29, 0.717) is 0 Å². The van der Waals surface area contributed by atoms with E-state index in [1.165, 1.54) is 0 Å². The lowest BCUT2D eigenvalue weighted by atomic mass is 9.98. The van der Waals surface area contributed by atoms with Crippen LogP contribution in [0.15, 0.2) is 0 Å². The second kappa shape index (κ2) is 6.24. The van der Waals surface area contributed by atoms with Crippen molar-refractivity contribution in [1.82, 2.24) is 0 Å². The first kappa shape index (κ1) is 16.5. The number of rotatable bonds is 3. The third-order valence-corrected chi connectivity index (χ3v) is 4.21. The Morgan fingerprint density at radius 3 is 2.27 bits per heavy atom. The summed E-state index contributed by atoms with van der Waals surface area (Å²) in [7, 11) is 0. The predicted octanol–water partition coefficient (Wildman–Crippen LogP) is -4.35. The summed E-state index contributed by atoms with van der Waals surface area (Å²) in [5.74, 6) is 0. The maximum Gasteiger partial charge on any atom is 0.187 e. The van der Waals surface area contributed by atoms with Gasteiger partial charge in [0, 0.05) is 0 Å². The molecule has 0 spiro atoms. The van der Waals surface area contributed by atoms with Crippen LogP contribution in [0.4, 0.5) is 0 Å². The zero-order chi connectivity index (χ0) is 16.0. The molecule has 128 valence electrons. The van der Waals surface area contributed by atoms with Crippen LogP contribution < -0.4 is 0 Å². The van der Waals surface area contributed by atoms with Crippen molar-refractivity contribution in [3.05, 3.63) is 0 Å². The van der Waals surface area contributed by atoms with Gasteiger partial charge in [-0.3, -0.25) is 0 Å². The minimum atomic E-state index is -1.60. The highest BCUT2D eigenvalue weighted by Gasteiger charge is 2.53. The molecule has 0 aromatic carbocycles. The average molecular weight is 324 g/mol. The lowest BCUT2D eigenvalue weighted by molar-refractivity contribution is -0.337. The van der Waals surface area contributed by atoms with Crippen molar-refractivity contribution in [2.24, 2.45) is 0 Å². The Balaban J connectivity index is 1.71. The summed E-state index contributed by atoms with van der Waals surface area (Å²) in [5, 5.41) is 58.3. The Labute approximate surface area is 125 Å². The van der Waals surface area contributed by atoms with Crippen LogP contribution in [0, 0.1) is 0 Å². The fraction of sp³-hybridized carbons (Fsp3) is 1.00. The van der Waals surface area contributed by atoms with E-state index >= 15 is 0 Å². The van der Waals surface area contributed by atoms with Crippen LogP contribution in [0.25, 0.3) is 0 Å². The summed E-state index contributed by atoms with van der Waals surface area (Å²) in [6, 6.07) is 0. The number of ether oxygens (including phenoxy) is 4. The Hall–Kier alpha value is -0.400. The molecule has 10 heteroatoms. The van der Waals surface area contributed by atoms with Crippen LogP contribution in [0.5, 0.6) is 0 Å². The number of hydrogen-bond acceptors (Lipinski definition) is 10. The lowest BCUT2D eigenvalue weighted by Gasteiger charge is -2.43. The maximum absolute atomic E-state index is 10.0. The van der Waals surface area contributed by atoms with Crippen molar-refractivity contribution in [3.63, 3.8) is 0 Å². The van der Waals surface area contributed by atoms with Gasteiger partial charge in [0.25, 0.3) is 0 Å². The van der Waals surface area contributed by atoms with Gasteiger partial charge in [-0.2, -0.15) is 0 Å². The van der Waals surface area contributed by atoms with Gasteiger partial charge in [0.05, 0.1) is 13.2 Å². The van der Waals surface area contributed by atoms with Gasteiger partial charge in [0.15, 0.2) is 12.6 Å². The highest BCUT2D eigenvalue weighted by Crippen LogP contribution is 2.32. The molecule has 3 aliphatic heterocycles. The molecule has 10 nitrogen and oxygen atoms in total. The zero-order valence-corrected chi connectivity index (χ0v) is 11.5. The van der Waals surface area contributed by atoms with Gasteiger partial charge in [0.1, 0.15) is 48.8 Å². The van der Waals surface area contributed by atoms with Crippen molar-refractivity contribution < 1.29 is 49.6 Å². The van der Waals surface area contributed by atoms with E-state index in [0.717, 1.165) is 0 Å². The molecular formula is C12H20O10. The van der Waals surface area contributed by atoms with Crippen molar-refractivity contribution in [2.75, 3.05) is 13.2 Å². The zero-order valence-electron chi connectivity index (χ0n) is 11.5. The summed E-state index contributed by atoms with van der Waals surface area (Å²) >= 11 is 0. The van der Waals surface area contributed by atoms with Gasteiger partial charge in [-0.1, -0.05) is 0 Å². The third-order valence-electron chi connectivity index (χ3n) is 4.21. The molecule has 1 unspecified atom stereocenters. The third kappa shape index (κ3) is 2.65.